The topological polar surface area (TPSA) is 54.0 Å². The number of nitrogens with zero attached hydrogens (tertiary/aromatic N) is 1. The Kier molecular flexibility index (Phi) is 4.60. The summed E-state index contributed by atoms with van der Waals surface area (Å²) in [6, 6.07) is 15.0. The van der Waals surface area contributed by atoms with Crippen molar-refractivity contribution in [1.82, 2.24) is 4.98 Å². The van der Waals surface area contributed by atoms with Gasteiger partial charge in [0.25, 0.3) is 5.91 Å². The van der Waals surface area contributed by atoms with Gasteiger partial charge in [-0.1, -0.05) is 35.9 Å². The van der Waals surface area contributed by atoms with Crippen molar-refractivity contribution in [2.75, 3.05) is 10.6 Å². The fraction of sp³-hybridized carbons (Fsp3) is 0.0588. The number of carbonyl (C=O) groups is 1. The molecular formula is C17H14ClN3OS. The molecular weight excluding hydrogens is 330 g/mol. The fourth-order valence-electron chi connectivity index (χ4n) is 2.02. The highest BCUT2D eigenvalue weighted by molar-refractivity contribution is 7.14. The van der Waals surface area contributed by atoms with Gasteiger partial charge in [-0.05, 0) is 36.8 Å². The number of hydrogen-bond donors (Lipinski definition) is 2. The van der Waals surface area contributed by atoms with Crippen LogP contribution in [-0.2, 0) is 0 Å². The van der Waals surface area contributed by atoms with Crippen LogP contribution in [0, 0.1) is 6.92 Å². The van der Waals surface area contributed by atoms with E-state index in [0.717, 1.165) is 16.9 Å². The molecule has 0 aliphatic rings. The quantitative estimate of drug-likeness (QED) is 0.692. The van der Waals surface area contributed by atoms with Crippen molar-refractivity contribution < 1.29 is 4.79 Å². The van der Waals surface area contributed by atoms with Crippen LogP contribution < -0.4 is 10.6 Å². The highest BCUT2D eigenvalue weighted by Crippen LogP contribution is 2.23. The maximum absolute atomic E-state index is 12.3. The van der Waals surface area contributed by atoms with Crippen LogP contribution in [0.25, 0.3) is 0 Å². The zero-order valence-corrected chi connectivity index (χ0v) is 13.9. The highest BCUT2D eigenvalue weighted by atomic mass is 35.5. The first-order valence-corrected chi connectivity index (χ1v) is 8.23. The Balaban J connectivity index is 1.71. The summed E-state index contributed by atoms with van der Waals surface area (Å²) in [4.78, 5) is 16.6. The second kappa shape index (κ2) is 6.81. The van der Waals surface area contributed by atoms with Crippen molar-refractivity contribution in [3.05, 3.63) is 70.2 Å². The number of amides is 1. The second-order valence-electron chi connectivity index (χ2n) is 4.94. The van der Waals surface area contributed by atoms with Crippen molar-refractivity contribution in [2.24, 2.45) is 0 Å². The summed E-state index contributed by atoms with van der Waals surface area (Å²) in [7, 11) is 0. The molecule has 1 heterocycles. The van der Waals surface area contributed by atoms with E-state index in [1.54, 1.807) is 17.5 Å². The third-order valence-corrected chi connectivity index (χ3v) is 4.20. The van der Waals surface area contributed by atoms with Gasteiger partial charge in [0.1, 0.15) is 5.69 Å². The monoisotopic (exact) mass is 343 g/mol. The molecule has 4 nitrogen and oxygen atoms in total. The lowest BCUT2D eigenvalue weighted by atomic mass is 10.2. The van der Waals surface area contributed by atoms with Crippen LogP contribution in [0.15, 0.2) is 53.9 Å². The summed E-state index contributed by atoms with van der Waals surface area (Å²) >= 11 is 7.32. The molecule has 0 unspecified atom stereocenters. The van der Waals surface area contributed by atoms with Gasteiger partial charge in [0, 0.05) is 21.8 Å². The average molecular weight is 344 g/mol. The van der Waals surface area contributed by atoms with Crippen LogP contribution in [-0.4, -0.2) is 10.9 Å². The number of halogens is 1. The molecule has 2 aromatic carbocycles. The minimum absolute atomic E-state index is 0.227. The van der Waals surface area contributed by atoms with E-state index in [0.29, 0.717) is 15.8 Å². The minimum atomic E-state index is -0.227. The summed E-state index contributed by atoms with van der Waals surface area (Å²) in [6.07, 6.45) is 0. The summed E-state index contributed by atoms with van der Waals surface area (Å²) in [5, 5.41) is 9.01. The Morgan fingerprint density at radius 1 is 1.17 bits per heavy atom. The maximum Gasteiger partial charge on any atom is 0.275 e. The predicted octanol–water partition coefficient (Wildman–Crippen LogP) is 5.10. The molecule has 0 bridgehead atoms. The van der Waals surface area contributed by atoms with E-state index < -0.39 is 0 Å². The second-order valence-corrected chi connectivity index (χ2v) is 6.24. The van der Waals surface area contributed by atoms with Crippen LogP contribution in [0.1, 0.15) is 16.1 Å². The number of thiazole rings is 1. The Bertz CT molecular complexity index is 847. The molecule has 6 heteroatoms. The normalized spacial score (nSPS) is 10.3. The van der Waals surface area contributed by atoms with Gasteiger partial charge in [-0.25, -0.2) is 4.98 Å². The van der Waals surface area contributed by atoms with Crippen molar-refractivity contribution in [3.8, 4) is 0 Å². The first-order valence-electron chi connectivity index (χ1n) is 6.97. The SMILES string of the molecule is Cc1ccccc1NC(=O)c1csc(Nc2cccc(Cl)c2)n1. The summed E-state index contributed by atoms with van der Waals surface area (Å²) in [5.41, 5.74) is 3.00. The molecule has 116 valence electrons. The number of rotatable bonds is 4. The van der Waals surface area contributed by atoms with E-state index in [2.05, 4.69) is 15.6 Å². The number of carbonyl (C=O) groups excluding carboxylic acids is 1. The molecule has 0 radical (unpaired) electrons. The molecule has 3 rings (SSSR count). The van der Waals surface area contributed by atoms with E-state index in [1.165, 1.54) is 11.3 Å². The molecule has 0 aliphatic carbocycles. The van der Waals surface area contributed by atoms with Gasteiger partial charge < -0.3 is 10.6 Å². The van der Waals surface area contributed by atoms with Crippen LogP contribution in [0.4, 0.5) is 16.5 Å². The van der Waals surface area contributed by atoms with Crippen molar-refractivity contribution >= 4 is 45.4 Å². The number of aryl methyl sites for hydroxylation is 1. The number of para-hydroxylation sites is 1. The van der Waals surface area contributed by atoms with Crippen molar-refractivity contribution in [2.45, 2.75) is 6.92 Å². The fourth-order valence-corrected chi connectivity index (χ4v) is 2.93. The first kappa shape index (κ1) is 15.5. The lowest BCUT2D eigenvalue weighted by Gasteiger charge is -2.06. The van der Waals surface area contributed by atoms with Crippen LogP contribution in [0.5, 0.6) is 0 Å². The largest absolute Gasteiger partial charge is 0.331 e. The highest BCUT2D eigenvalue weighted by Gasteiger charge is 2.12. The molecule has 3 aromatic rings. The Hall–Kier alpha value is -2.37. The Morgan fingerprint density at radius 3 is 2.78 bits per heavy atom. The molecule has 0 saturated heterocycles. The maximum atomic E-state index is 12.3. The number of anilines is 3. The van der Waals surface area contributed by atoms with E-state index >= 15 is 0 Å². The molecule has 0 spiro atoms. The van der Waals surface area contributed by atoms with Gasteiger partial charge in [-0.3, -0.25) is 4.79 Å². The molecule has 1 aromatic heterocycles. The van der Waals surface area contributed by atoms with E-state index in [1.807, 2.05) is 43.3 Å². The Morgan fingerprint density at radius 2 is 2.00 bits per heavy atom. The molecule has 0 fully saturated rings. The third kappa shape index (κ3) is 3.88. The van der Waals surface area contributed by atoms with Gasteiger partial charge in [-0.2, -0.15) is 0 Å². The number of hydrogen-bond acceptors (Lipinski definition) is 4. The summed E-state index contributed by atoms with van der Waals surface area (Å²) in [5.74, 6) is -0.227. The average Bonchev–Trinajstić information content (AvgIpc) is 2.98. The first-order chi connectivity index (χ1) is 11.1. The molecule has 2 N–H and O–H groups in total. The third-order valence-electron chi connectivity index (χ3n) is 3.21. The van der Waals surface area contributed by atoms with E-state index in [-0.39, 0.29) is 5.91 Å². The molecule has 0 saturated carbocycles. The zero-order chi connectivity index (χ0) is 16.2. The van der Waals surface area contributed by atoms with Gasteiger partial charge in [-0.15, -0.1) is 11.3 Å². The molecule has 23 heavy (non-hydrogen) atoms. The Labute approximate surface area is 143 Å². The van der Waals surface area contributed by atoms with E-state index in [4.69, 9.17) is 11.6 Å². The van der Waals surface area contributed by atoms with Gasteiger partial charge in [0.2, 0.25) is 0 Å². The standard InChI is InChI=1S/C17H14ClN3OS/c1-11-5-2-3-8-14(11)20-16(22)15-10-23-17(21-15)19-13-7-4-6-12(18)9-13/h2-10H,1H3,(H,19,21)(H,20,22). The smallest absolute Gasteiger partial charge is 0.275 e. The number of nitrogens with one attached hydrogen (secondary N) is 2. The molecule has 0 atom stereocenters. The van der Waals surface area contributed by atoms with Crippen LogP contribution >= 0.6 is 22.9 Å². The van der Waals surface area contributed by atoms with Crippen LogP contribution in [0.3, 0.4) is 0 Å². The lowest BCUT2D eigenvalue weighted by molar-refractivity contribution is 0.102. The van der Waals surface area contributed by atoms with Crippen molar-refractivity contribution in [1.29, 1.82) is 0 Å². The predicted molar refractivity (Wildman–Crippen MR) is 96.0 cm³/mol. The molecule has 0 aliphatic heterocycles. The van der Waals surface area contributed by atoms with Crippen molar-refractivity contribution in [3.63, 3.8) is 0 Å². The summed E-state index contributed by atoms with van der Waals surface area (Å²) in [6.45, 7) is 1.95. The minimum Gasteiger partial charge on any atom is -0.331 e. The van der Waals surface area contributed by atoms with E-state index in [9.17, 15) is 4.79 Å². The lowest BCUT2D eigenvalue weighted by Crippen LogP contribution is -2.13. The van der Waals surface area contributed by atoms with Gasteiger partial charge in [0.05, 0.1) is 0 Å². The number of aromatic nitrogens is 1. The number of benzene rings is 2. The van der Waals surface area contributed by atoms with Gasteiger partial charge >= 0.3 is 0 Å². The molecule has 1 amide bonds. The summed E-state index contributed by atoms with van der Waals surface area (Å²) < 4.78 is 0. The van der Waals surface area contributed by atoms with Crippen LogP contribution in [0.2, 0.25) is 5.02 Å². The zero-order valence-electron chi connectivity index (χ0n) is 12.3. The van der Waals surface area contributed by atoms with Gasteiger partial charge in [0.15, 0.2) is 5.13 Å².